The van der Waals surface area contributed by atoms with Crippen LogP contribution in [0.25, 0.3) is 6.08 Å². The first-order valence-corrected chi connectivity index (χ1v) is 12.7. The number of rotatable bonds is 9. The molecule has 0 saturated carbocycles. The number of para-hydroxylation sites is 1. The van der Waals surface area contributed by atoms with E-state index in [0.717, 1.165) is 21.3 Å². The van der Waals surface area contributed by atoms with E-state index in [1.807, 2.05) is 54.6 Å². The predicted molar refractivity (Wildman–Crippen MR) is 142 cm³/mol. The van der Waals surface area contributed by atoms with Crippen LogP contribution in [0.4, 0.5) is 10.1 Å². The summed E-state index contributed by atoms with van der Waals surface area (Å²) in [6.07, 6.45) is 2.53. The van der Waals surface area contributed by atoms with Gasteiger partial charge in [-0.1, -0.05) is 46.3 Å². The molecule has 0 spiro atoms. The van der Waals surface area contributed by atoms with Gasteiger partial charge in [0.15, 0.2) is 5.17 Å². The Kier molecular flexibility index (Phi) is 8.74. The second-order valence-electron chi connectivity index (χ2n) is 7.74. The van der Waals surface area contributed by atoms with Crippen LogP contribution in [-0.2, 0) is 16.1 Å². The third kappa shape index (κ3) is 6.81. The van der Waals surface area contributed by atoms with Crippen LogP contribution >= 0.6 is 27.7 Å². The predicted octanol–water partition coefficient (Wildman–Crippen LogP) is 6.81. The molecule has 0 atom stereocenters. The second kappa shape index (κ2) is 12.2. The summed E-state index contributed by atoms with van der Waals surface area (Å²) >= 11 is 4.85. The number of hydrogen-bond donors (Lipinski definition) is 0. The second-order valence-corrected chi connectivity index (χ2v) is 9.67. The lowest BCUT2D eigenvalue weighted by atomic mass is 10.1. The Balaban J connectivity index is 1.61. The van der Waals surface area contributed by atoms with Gasteiger partial charge in [-0.15, -0.1) is 0 Å². The van der Waals surface area contributed by atoms with Gasteiger partial charge in [-0.2, -0.15) is 0 Å². The van der Waals surface area contributed by atoms with Gasteiger partial charge in [-0.3, -0.25) is 9.69 Å². The van der Waals surface area contributed by atoms with Crippen molar-refractivity contribution >= 4 is 50.5 Å². The molecule has 1 fully saturated rings. The largest absolute Gasteiger partial charge is 0.488 e. The highest BCUT2D eigenvalue weighted by molar-refractivity contribution is 9.10. The molecule has 1 heterocycles. The topological polar surface area (TPSA) is 51.1 Å². The van der Waals surface area contributed by atoms with Crippen LogP contribution in [0.2, 0.25) is 0 Å². The van der Waals surface area contributed by atoms with Crippen LogP contribution in [0.15, 0.2) is 87.2 Å². The van der Waals surface area contributed by atoms with Crippen LogP contribution < -0.4 is 4.74 Å². The fraction of sp³-hybridized carbons (Fsp3) is 0.185. The van der Waals surface area contributed by atoms with E-state index in [1.165, 1.54) is 23.9 Å². The van der Waals surface area contributed by atoms with Crippen molar-refractivity contribution in [2.24, 2.45) is 4.99 Å². The lowest BCUT2D eigenvalue weighted by molar-refractivity contribution is -0.122. The Hall–Kier alpha value is -2.94. The highest BCUT2D eigenvalue weighted by Crippen LogP contribution is 2.36. The number of amides is 1. The number of carbonyl (C=O) groups excluding carboxylic acids is 1. The number of benzene rings is 3. The monoisotopic (exact) mass is 554 g/mol. The summed E-state index contributed by atoms with van der Waals surface area (Å²) < 4.78 is 25.3. The van der Waals surface area contributed by atoms with Gasteiger partial charge in [0.05, 0.1) is 10.6 Å². The van der Waals surface area contributed by atoms with Gasteiger partial charge in [0.1, 0.15) is 18.2 Å². The molecule has 1 amide bonds. The first-order valence-electron chi connectivity index (χ1n) is 11.0. The molecule has 0 radical (unpaired) electrons. The minimum atomic E-state index is -0.289. The maximum Gasteiger partial charge on any atom is 0.266 e. The van der Waals surface area contributed by atoms with Gasteiger partial charge in [-0.25, -0.2) is 9.38 Å². The van der Waals surface area contributed by atoms with Gasteiger partial charge >= 0.3 is 0 Å². The van der Waals surface area contributed by atoms with E-state index in [0.29, 0.717) is 35.4 Å². The molecule has 3 aromatic rings. The molecule has 180 valence electrons. The molecule has 0 aliphatic carbocycles. The molecule has 0 N–H and O–H groups in total. The Morgan fingerprint density at radius 1 is 1.09 bits per heavy atom. The van der Waals surface area contributed by atoms with E-state index < -0.39 is 0 Å². The number of amidine groups is 1. The number of hydrogen-bond acceptors (Lipinski definition) is 5. The molecular formula is C27H24BrFN2O3S. The standard InChI is InChI=1S/C27H24BrFN2O3S/c1-33-15-5-14-31-26(32)25(35-27(31)30-23-6-3-2-4-7-23)17-20-16-21(28)10-13-24(20)34-18-19-8-11-22(29)12-9-19/h2-4,6-13,16-17H,5,14-15,18H2,1H3/b25-17-,30-27?. The van der Waals surface area contributed by atoms with Gasteiger partial charge in [0.2, 0.25) is 0 Å². The zero-order valence-corrected chi connectivity index (χ0v) is 21.5. The number of thioether (sulfide) groups is 1. The number of nitrogens with zero attached hydrogens (tertiary/aromatic N) is 2. The normalized spacial score (nSPS) is 15.9. The third-order valence-corrected chi connectivity index (χ3v) is 6.67. The van der Waals surface area contributed by atoms with E-state index in [9.17, 15) is 9.18 Å². The summed E-state index contributed by atoms with van der Waals surface area (Å²) in [5, 5.41) is 0.632. The first-order chi connectivity index (χ1) is 17.0. The van der Waals surface area contributed by atoms with Gasteiger partial charge in [0.25, 0.3) is 5.91 Å². The van der Waals surface area contributed by atoms with E-state index in [2.05, 4.69) is 15.9 Å². The number of aliphatic imine (C=N–C) groups is 1. The molecule has 1 saturated heterocycles. The summed E-state index contributed by atoms with van der Waals surface area (Å²) in [5.74, 6) is 0.227. The summed E-state index contributed by atoms with van der Waals surface area (Å²) in [5.41, 5.74) is 2.39. The van der Waals surface area contributed by atoms with Crippen LogP contribution in [0.3, 0.4) is 0 Å². The molecule has 3 aromatic carbocycles. The van der Waals surface area contributed by atoms with Crippen molar-refractivity contribution < 1.29 is 18.7 Å². The van der Waals surface area contributed by atoms with Crippen molar-refractivity contribution in [3.05, 3.63) is 99.1 Å². The summed E-state index contributed by atoms with van der Waals surface area (Å²) in [6, 6.07) is 21.4. The van der Waals surface area contributed by atoms with Crippen molar-refractivity contribution in [2.75, 3.05) is 20.3 Å². The minimum absolute atomic E-state index is 0.106. The zero-order chi connectivity index (χ0) is 24.6. The highest BCUT2D eigenvalue weighted by atomic mass is 79.9. The van der Waals surface area contributed by atoms with Crippen molar-refractivity contribution in [1.82, 2.24) is 4.90 Å². The Morgan fingerprint density at radius 3 is 2.60 bits per heavy atom. The average molecular weight is 555 g/mol. The number of ether oxygens (including phenoxy) is 2. The summed E-state index contributed by atoms with van der Waals surface area (Å²) in [4.78, 5) is 20.3. The Morgan fingerprint density at radius 2 is 1.86 bits per heavy atom. The fourth-order valence-electron chi connectivity index (χ4n) is 3.42. The van der Waals surface area contributed by atoms with Crippen LogP contribution in [0.1, 0.15) is 17.5 Å². The van der Waals surface area contributed by atoms with Crippen molar-refractivity contribution in [1.29, 1.82) is 0 Å². The molecule has 0 unspecified atom stereocenters. The first kappa shape index (κ1) is 25.2. The minimum Gasteiger partial charge on any atom is -0.488 e. The highest BCUT2D eigenvalue weighted by Gasteiger charge is 2.33. The Labute approximate surface area is 216 Å². The molecule has 8 heteroatoms. The van der Waals surface area contributed by atoms with E-state index >= 15 is 0 Å². The maximum absolute atomic E-state index is 13.3. The van der Waals surface area contributed by atoms with Crippen LogP contribution in [0.5, 0.6) is 5.75 Å². The van der Waals surface area contributed by atoms with E-state index in [1.54, 1.807) is 24.1 Å². The molecule has 0 aromatic heterocycles. The SMILES string of the molecule is COCCCN1C(=O)/C(=C/c2cc(Br)ccc2OCc2ccc(F)cc2)SC1=Nc1ccccc1. The number of halogens is 2. The zero-order valence-electron chi connectivity index (χ0n) is 19.1. The molecule has 35 heavy (non-hydrogen) atoms. The summed E-state index contributed by atoms with van der Waals surface area (Å²) in [7, 11) is 1.64. The lowest BCUT2D eigenvalue weighted by Gasteiger charge is -2.15. The third-order valence-electron chi connectivity index (χ3n) is 5.17. The molecule has 5 nitrogen and oxygen atoms in total. The Bertz CT molecular complexity index is 1230. The number of carbonyl (C=O) groups is 1. The fourth-order valence-corrected chi connectivity index (χ4v) is 4.81. The maximum atomic E-state index is 13.3. The average Bonchev–Trinajstić information content (AvgIpc) is 3.14. The summed E-state index contributed by atoms with van der Waals surface area (Å²) in [6.45, 7) is 1.34. The quantitative estimate of drug-likeness (QED) is 0.215. The van der Waals surface area contributed by atoms with Gasteiger partial charge in [0, 0.05) is 30.3 Å². The molecule has 1 aliphatic heterocycles. The number of methoxy groups -OCH3 is 1. The van der Waals surface area contributed by atoms with Crippen molar-refractivity contribution in [3.8, 4) is 5.75 Å². The van der Waals surface area contributed by atoms with Crippen molar-refractivity contribution in [2.45, 2.75) is 13.0 Å². The van der Waals surface area contributed by atoms with E-state index in [4.69, 9.17) is 14.5 Å². The van der Waals surface area contributed by atoms with E-state index in [-0.39, 0.29) is 18.3 Å². The van der Waals surface area contributed by atoms with Gasteiger partial charge < -0.3 is 9.47 Å². The lowest BCUT2D eigenvalue weighted by Crippen LogP contribution is -2.30. The van der Waals surface area contributed by atoms with Gasteiger partial charge in [-0.05, 0) is 72.3 Å². The van der Waals surface area contributed by atoms with Crippen LogP contribution in [0, 0.1) is 5.82 Å². The van der Waals surface area contributed by atoms with Crippen molar-refractivity contribution in [3.63, 3.8) is 0 Å². The van der Waals surface area contributed by atoms with Crippen LogP contribution in [-0.4, -0.2) is 36.2 Å². The smallest absolute Gasteiger partial charge is 0.266 e. The molecule has 4 rings (SSSR count). The molecular weight excluding hydrogens is 531 g/mol. The molecule has 1 aliphatic rings. The molecule has 0 bridgehead atoms.